The summed E-state index contributed by atoms with van der Waals surface area (Å²) in [7, 11) is 0. The molecule has 3 rings (SSSR count). The van der Waals surface area contributed by atoms with E-state index in [1.165, 1.54) is 11.1 Å². The van der Waals surface area contributed by atoms with E-state index < -0.39 is 0 Å². The van der Waals surface area contributed by atoms with Crippen molar-refractivity contribution < 1.29 is 4.79 Å². The Morgan fingerprint density at radius 1 is 1.22 bits per heavy atom. The summed E-state index contributed by atoms with van der Waals surface area (Å²) in [6.07, 6.45) is 3.61. The van der Waals surface area contributed by atoms with Gasteiger partial charge in [0.2, 0.25) is 5.91 Å². The minimum Gasteiger partial charge on any atom is -0.334 e. The topological polar surface area (TPSA) is 33.2 Å². The monoisotopic (exact) mass is 308 g/mol. The van der Waals surface area contributed by atoms with Gasteiger partial charge in [-0.15, -0.1) is 0 Å². The molecule has 0 bridgehead atoms. The van der Waals surface area contributed by atoms with Crippen LogP contribution in [0.2, 0.25) is 0 Å². The van der Waals surface area contributed by atoms with Crippen LogP contribution in [0.1, 0.15) is 50.0 Å². The first kappa shape index (κ1) is 15.7. The van der Waals surface area contributed by atoms with Gasteiger partial charge in [0.25, 0.3) is 0 Å². The van der Waals surface area contributed by atoms with Crippen molar-refractivity contribution in [3.63, 3.8) is 0 Å². The lowest BCUT2D eigenvalue weighted by molar-refractivity contribution is -0.132. The number of aromatic nitrogens is 1. The SMILES string of the molecule is CCCC(=O)N1CCC[C@@H]1c1cc(-c2ccccc2)cc(C)n1. The Kier molecular flexibility index (Phi) is 4.75. The predicted molar refractivity (Wildman–Crippen MR) is 93.0 cm³/mol. The van der Waals surface area contributed by atoms with Crippen molar-refractivity contribution in [2.75, 3.05) is 6.54 Å². The molecule has 3 heteroatoms. The number of nitrogens with zero attached hydrogens (tertiary/aromatic N) is 2. The molecule has 0 aliphatic carbocycles. The molecule has 0 radical (unpaired) electrons. The van der Waals surface area contributed by atoms with Gasteiger partial charge in [-0.25, -0.2) is 0 Å². The second kappa shape index (κ2) is 6.95. The van der Waals surface area contributed by atoms with Gasteiger partial charge in [0.15, 0.2) is 0 Å². The number of likely N-dealkylation sites (tertiary alicyclic amines) is 1. The summed E-state index contributed by atoms with van der Waals surface area (Å²) in [6.45, 7) is 4.95. The van der Waals surface area contributed by atoms with Crippen LogP contribution in [0.4, 0.5) is 0 Å². The summed E-state index contributed by atoms with van der Waals surface area (Å²) in [6, 6.07) is 14.8. The van der Waals surface area contributed by atoms with Crippen LogP contribution in [-0.2, 0) is 4.79 Å². The van der Waals surface area contributed by atoms with E-state index in [9.17, 15) is 4.79 Å². The van der Waals surface area contributed by atoms with E-state index in [1.54, 1.807) is 0 Å². The van der Waals surface area contributed by atoms with Crippen molar-refractivity contribution in [3.8, 4) is 11.1 Å². The van der Waals surface area contributed by atoms with Gasteiger partial charge in [-0.3, -0.25) is 9.78 Å². The number of carbonyl (C=O) groups is 1. The highest BCUT2D eigenvalue weighted by Crippen LogP contribution is 2.33. The van der Waals surface area contributed by atoms with E-state index in [1.807, 2.05) is 17.9 Å². The number of hydrogen-bond donors (Lipinski definition) is 0. The van der Waals surface area contributed by atoms with Crippen LogP contribution in [0.5, 0.6) is 0 Å². The standard InChI is InChI=1S/C20H24N2O/c1-3-8-20(23)22-12-7-11-19(22)18-14-17(13-15(2)21-18)16-9-5-4-6-10-16/h4-6,9-10,13-14,19H,3,7-8,11-12H2,1-2H3/t19-/m1/s1. The van der Waals surface area contributed by atoms with Gasteiger partial charge in [-0.1, -0.05) is 37.3 Å². The quantitative estimate of drug-likeness (QED) is 0.832. The van der Waals surface area contributed by atoms with Crippen LogP contribution in [-0.4, -0.2) is 22.3 Å². The number of hydrogen-bond acceptors (Lipinski definition) is 2. The zero-order valence-electron chi connectivity index (χ0n) is 14.0. The first-order valence-corrected chi connectivity index (χ1v) is 8.52. The van der Waals surface area contributed by atoms with Gasteiger partial charge in [-0.2, -0.15) is 0 Å². The highest BCUT2D eigenvalue weighted by Gasteiger charge is 2.30. The van der Waals surface area contributed by atoms with Crippen molar-refractivity contribution in [1.29, 1.82) is 0 Å². The van der Waals surface area contributed by atoms with E-state index in [4.69, 9.17) is 4.98 Å². The van der Waals surface area contributed by atoms with Gasteiger partial charge in [0.05, 0.1) is 11.7 Å². The van der Waals surface area contributed by atoms with Gasteiger partial charge in [0, 0.05) is 18.7 Å². The fourth-order valence-electron chi connectivity index (χ4n) is 3.39. The second-order valence-electron chi connectivity index (χ2n) is 6.28. The average Bonchev–Trinajstić information content (AvgIpc) is 3.05. The molecule has 1 saturated heterocycles. The smallest absolute Gasteiger partial charge is 0.223 e. The number of aryl methyl sites for hydroxylation is 1. The number of carbonyl (C=O) groups excluding carboxylic acids is 1. The molecule has 1 amide bonds. The number of benzene rings is 1. The maximum atomic E-state index is 12.4. The van der Waals surface area contributed by atoms with E-state index in [0.717, 1.165) is 37.2 Å². The van der Waals surface area contributed by atoms with Crippen molar-refractivity contribution in [3.05, 3.63) is 53.9 Å². The molecule has 1 atom stereocenters. The molecular formula is C20H24N2O. The summed E-state index contributed by atoms with van der Waals surface area (Å²) >= 11 is 0. The third-order valence-corrected chi connectivity index (χ3v) is 4.46. The van der Waals surface area contributed by atoms with Crippen LogP contribution in [0.25, 0.3) is 11.1 Å². The number of amides is 1. The molecule has 1 aliphatic heterocycles. The van der Waals surface area contributed by atoms with Crippen LogP contribution >= 0.6 is 0 Å². The molecule has 1 aromatic carbocycles. The molecular weight excluding hydrogens is 284 g/mol. The first-order valence-electron chi connectivity index (χ1n) is 8.52. The molecule has 2 heterocycles. The van der Waals surface area contributed by atoms with Crippen LogP contribution in [0.3, 0.4) is 0 Å². The third-order valence-electron chi connectivity index (χ3n) is 4.46. The first-order chi connectivity index (χ1) is 11.2. The molecule has 1 aromatic heterocycles. The maximum absolute atomic E-state index is 12.4. The lowest BCUT2D eigenvalue weighted by Crippen LogP contribution is -2.30. The van der Waals surface area contributed by atoms with Gasteiger partial charge in [-0.05, 0) is 49.4 Å². The Morgan fingerprint density at radius 3 is 2.74 bits per heavy atom. The van der Waals surface area contributed by atoms with Crippen molar-refractivity contribution in [2.24, 2.45) is 0 Å². The Bertz CT molecular complexity index is 681. The van der Waals surface area contributed by atoms with Crippen molar-refractivity contribution in [1.82, 2.24) is 9.88 Å². The molecule has 2 aromatic rings. The minimum absolute atomic E-state index is 0.136. The highest BCUT2D eigenvalue weighted by atomic mass is 16.2. The molecule has 3 nitrogen and oxygen atoms in total. The summed E-state index contributed by atoms with van der Waals surface area (Å²) in [5.41, 5.74) is 4.42. The summed E-state index contributed by atoms with van der Waals surface area (Å²) in [5.74, 6) is 0.263. The Balaban J connectivity index is 1.93. The predicted octanol–water partition coefficient (Wildman–Crippen LogP) is 4.52. The van der Waals surface area contributed by atoms with E-state index in [2.05, 4.69) is 43.3 Å². The molecule has 0 saturated carbocycles. The third kappa shape index (κ3) is 3.44. The maximum Gasteiger partial charge on any atom is 0.223 e. The summed E-state index contributed by atoms with van der Waals surface area (Å²) < 4.78 is 0. The number of pyridine rings is 1. The zero-order valence-corrected chi connectivity index (χ0v) is 14.0. The van der Waals surface area contributed by atoms with E-state index >= 15 is 0 Å². The van der Waals surface area contributed by atoms with Gasteiger partial charge >= 0.3 is 0 Å². The molecule has 23 heavy (non-hydrogen) atoms. The van der Waals surface area contributed by atoms with Crippen molar-refractivity contribution >= 4 is 5.91 Å². The normalized spacial score (nSPS) is 17.5. The van der Waals surface area contributed by atoms with Gasteiger partial charge < -0.3 is 4.90 Å². The van der Waals surface area contributed by atoms with E-state index in [0.29, 0.717) is 6.42 Å². The van der Waals surface area contributed by atoms with E-state index in [-0.39, 0.29) is 11.9 Å². The molecule has 120 valence electrons. The van der Waals surface area contributed by atoms with Crippen LogP contribution in [0, 0.1) is 6.92 Å². The molecule has 1 aliphatic rings. The van der Waals surface area contributed by atoms with Crippen LogP contribution in [0.15, 0.2) is 42.5 Å². The highest BCUT2D eigenvalue weighted by molar-refractivity contribution is 5.77. The Morgan fingerprint density at radius 2 is 2.00 bits per heavy atom. The summed E-state index contributed by atoms with van der Waals surface area (Å²) in [5, 5.41) is 0. The lowest BCUT2D eigenvalue weighted by atomic mass is 10.0. The molecule has 1 fully saturated rings. The minimum atomic E-state index is 0.136. The lowest BCUT2D eigenvalue weighted by Gasteiger charge is -2.25. The molecule has 0 N–H and O–H groups in total. The van der Waals surface area contributed by atoms with Crippen molar-refractivity contribution in [2.45, 2.75) is 45.6 Å². The average molecular weight is 308 g/mol. The van der Waals surface area contributed by atoms with Crippen LogP contribution < -0.4 is 0 Å². The largest absolute Gasteiger partial charge is 0.334 e. The Labute approximate surface area is 138 Å². The fourth-order valence-corrected chi connectivity index (χ4v) is 3.39. The summed E-state index contributed by atoms with van der Waals surface area (Å²) in [4.78, 5) is 19.1. The zero-order chi connectivity index (χ0) is 16.2. The Hall–Kier alpha value is -2.16. The fraction of sp³-hybridized carbons (Fsp3) is 0.400. The number of rotatable bonds is 4. The second-order valence-corrected chi connectivity index (χ2v) is 6.28. The van der Waals surface area contributed by atoms with Gasteiger partial charge in [0.1, 0.15) is 0 Å². The molecule has 0 spiro atoms. The molecule has 0 unspecified atom stereocenters.